The van der Waals surface area contributed by atoms with Crippen LogP contribution in [0, 0.1) is 5.92 Å². The fourth-order valence-electron chi connectivity index (χ4n) is 1.20. The molecule has 18 heavy (non-hydrogen) atoms. The number of hydrogen-bond acceptors (Lipinski definition) is 4. The zero-order valence-corrected chi connectivity index (χ0v) is 10.9. The van der Waals surface area contributed by atoms with Gasteiger partial charge in [-0.25, -0.2) is 13.1 Å². The van der Waals surface area contributed by atoms with Crippen LogP contribution in [-0.4, -0.2) is 32.3 Å². The first-order valence-electron chi connectivity index (χ1n) is 4.92. The lowest BCUT2D eigenvalue weighted by atomic mass is 10.0. The zero-order valence-electron chi connectivity index (χ0n) is 9.31. The highest BCUT2D eigenvalue weighted by Crippen LogP contribution is 2.29. The molecule has 1 aromatic heterocycles. The SMILES string of the molecule is CC(C(CO)NS(=O)(=O)c1cccs1)C(F)(F)F. The summed E-state index contributed by atoms with van der Waals surface area (Å²) in [5, 5.41) is 10.4. The molecule has 1 heterocycles. The Bertz CT molecular complexity index is 470. The molecule has 0 aromatic carbocycles. The van der Waals surface area contributed by atoms with Gasteiger partial charge in [-0.1, -0.05) is 13.0 Å². The first-order chi connectivity index (χ1) is 8.18. The van der Waals surface area contributed by atoms with Crippen LogP contribution in [0.3, 0.4) is 0 Å². The fraction of sp³-hybridized carbons (Fsp3) is 0.556. The highest BCUT2D eigenvalue weighted by atomic mass is 32.2. The Morgan fingerprint density at radius 3 is 2.50 bits per heavy atom. The molecule has 9 heteroatoms. The Labute approximate surface area is 106 Å². The van der Waals surface area contributed by atoms with Gasteiger partial charge in [0, 0.05) is 0 Å². The number of aliphatic hydroxyl groups is 1. The van der Waals surface area contributed by atoms with Gasteiger partial charge in [0.25, 0.3) is 0 Å². The molecule has 0 aliphatic carbocycles. The van der Waals surface area contributed by atoms with Crippen molar-refractivity contribution in [2.24, 2.45) is 5.92 Å². The minimum absolute atomic E-state index is 0.0877. The molecule has 2 N–H and O–H groups in total. The highest BCUT2D eigenvalue weighted by molar-refractivity contribution is 7.91. The summed E-state index contributed by atoms with van der Waals surface area (Å²) in [6, 6.07) is 1.15. The number of rotatable bonds is 5. The van der Waals surface area contributed by atoms with Gasteiger partial charge in [0.2, 0.25) is 10.0 Å². The predicted octanol–water partition coefficient (Wildman–Crippen LogP) is 1.59. The average Bonchev–Trinajstić information content (AvgIpc) is 2.77. The quantitative estimate of drug-likeness (QED) is 0.868. The van der Waals surface area contributed by atoms with Crippen molar-refractivity contribution in [1.82, 2.24) is 4.72 Å². The summed E-state index contributed by atoms with van der Waals surface area (Å²) >= 11 is 0.888. The van der Waals surface area contributed by atoms with Crippen molar-refractivity contribution in [3.05, 3.63) is 17.5 Å². The second-order valence-electron chi connectivity index (χ2n) is 3.67. The zero-order chi connectivity index (χ0) is 14.0. The molecule has 1 rings (SSSR count). The molecule has 0 fully saturated rings. The summed E-state index contributed by atoms with van der Waals surface area (Å²) in [5.41, 5.74) is 0. The first kappa shape index (κ1) is 15.4. The Morgan fingerprint density at radius 2 is 2.11 bits per heavy atom. The van der Waals surface area contributed by atoms with E-state index in [1.54, 1.807) is 0 Å². The summed E-state index contributed by atoms with van der Waals surface area (Å²) < 4.78 is 62.6. The number of hydrogen-bond donors (Lipinski definition) is 2. The van der Waals surface area contributed by atoms with Crippen molar-refractivity contribution >= 4 is 21.4 Å². The van der Waals surface area contributed by atoms with Crippen molar-refractivity contribution in [3.63, 3.8) is 0 Å². The standard InChI is InChI=1S/C9H12F3NO3S2/c1-6(9(10,11)12)7(5-14)13-18(15,16)8-3-2-4-17-8/h2-4,6-7,13-14H,5H2,1H3. The molecular weight excluding hydrogens is 291 g/mol. The van der Waals surface area contributed by atoms with E-state index < -0.39 is 34.8 Å². The maximum absolute atomic E-state index is 12.5. The number of aliphatic hydroxyl groups excluding tert-OH is 1. The topological polar surface area (TPSA) is 66.4 Å². The van der Waals surface area contributed by atoms with Crippen molar-refractivity contribution in [1.29, 1.82) is 0 Å². The van der Waals surface area contributed by atoms with Crippen LogP contribution in [0.25, 0.3) is 0 Å². The van der Waals surface area contributed by atoms with E-state index in [1.807, 2.05) is 4.72 Å². The van der Waals surface area contributed by atoms with Crippen molar-refractivity contribution in [2.75, 3.05) is 6.61 Å². The van der Waals surface area contributed by atoms with Gasteiger partial charge < -0.3 is 5.11 Å². The van der Waals surface area contributed by atoms with E-state index in [0.717, 1.165) is 18.3 Å². The molecule has 4 nitrogen and oxygen atoms in total. The smallest absolute Gasteiger partial charge is 0.393 e. The molecule has 0 saturated carbocycles. The highest BCUT2D eigenvalue weighted by Gasteiger charge is 2.42. The van der Waals surface area contributed by atoms with Crippen LogP contribution >= 0.6 is 11.3 Å². The molecule has 0 aliphatic rings. The molecule has 2 unspecified atom stereocenters. The van der Waals surface area contributed by atoms with E-state index in [4.69, 9.17) is 5.11 Å². The number of halogens is 3. The number of nitrogens with one attached hydrogen (secondary N) is 1. The van der Waals surface area contributed by atoms with Crippen LogP contribution in [0.4, 0.5) is 13.2 Å². The lowest BCUT2D eigenvalue weighted by molar-refractivity contribution is -0.178. The van der Waals surface area contributed by atoms with E-state index >= 15 is 0 Å². The van der Waals surface area contributed by atoms with Gasteiger partial charge >= 0.3 is 6.18 Å². The third-order valence-electron chi connectivity index (χ3n) is 2.38. The second kappa shape index (κ2) is 5.55. The lowest BCUT2D eigenvalue weighted by Crippen LogP contribution is -2.46. The summed E-state index contributed by atoms with van der Waals surface area (Å²) in [6.07, 6.45) is -4.58. The minimum atomic E-state index is -4.58. The molecule has 1 aromatic rings. The van der Waals surface area contributed by atoms with Gasteiger partial charge in [0.1, 0.15) is 4.21 Å². The molecule has 104 valence electrons. The van der Waals surface area contributed by atoms with Gasteiger partial charge in [0.05, 0.1) is 18.6 Å². The van der Waals surface area contributed by atoms with Crippen LogP contribution in [-0.2, 0) is 10.0 Å². The minimum Gasteiger partial charge on any atom is -0.395 e. The predicted molar refractivity (Wildman–Crippen MR) is 60.7 cm³/mol. The van der Waals surface area contributed by atoms with E-state index in [-0.39, 0.29) is 4.21 Å². The summed E-state index contributed by atoms with van der Waals surface area (Å²) in [4.78, 5) is 0. The van der Waals surface area contributed by atoms with Crippen LogP contribution < -0.4 is 4.72 Å². The average molecular weight is 303 g/mol. The third-order valence-corrected chi connectivity index (χ3v) is 5.27. The Morgan fingerprint density at radius 1 is 1.50 bits per heavy atom. The van der Waals surface area contributed by atoms with Gasteiger partial charge in [-0.3, -0.25) is 0 Å². The molecule has 0 saturated heterocycles. The van der Waals surface area contributed by atoms with Gasteiger partial charge in [0.15, 0.2) is 0 Å². The van der Waals surface area contributed by atoms with Crippen LogP contribution in [0.15, 0.2) is 21.7 Å². The van der Waals surface area contributed by atoms with E-state index in [0.29, 0.717) is 0 Å². The van der Waals surface area contributed by atoms with Crippen molar-refractivity contribution in [2.45, 2.75) is 23.4 Å². The molecule has 0 aliphatic heterocycles. The molecule has 0 spiro atoms. The second-order valence-corrected chi connectivity index (χ2v) is 6.56. The maximum atomic E-state index is 12.5. The van der Waals surface area contributed by atoms with Crippen molar-refractivity contribution < 1.29 is 26.7 Å². The van der Waals surface area contributed by atoms with E-state index in [9.17, 15) is 21.6 Å². The van der Waals surface area contributed by atoms with Gasteiger partial charge in [-0.15, -0.1) is 11.3 Å². The van der Waals surface area contributed by atoms with E-state index in [2.05, 4.69) is 0 Å². The number of alkyl halides is 3. The maximum Gasteiger partial charge on any atom is 0.393 e. The summed E-state index contributed by atoms with van der Waals surface area (Å²) in [7, 11) is -4.03. The Balaban J connectivity index is 2.88. The summed E-state index contributed by atoms with van der Waals surface area (Å²) in [5.74, 6) is -1.97. The van der Waals surface area contributed by atoms with Crippen molar-refractivity contribution in [3.8, 4) is 0 Å². The van der Waals surface area contributed by atoms with Crippen LogP contribution in [0.2, 0.25) is 0 Å². The molecule has 0 radical (unpaired) electrons. The molecule has 0 amide bonds. The summed E-state index contributed by atoms with van der Waals surface area (Å²) in [6.45, 7) is -0.108. The Kier molecular flexibility index (Phi) is 4.76. The van der Waals surface area contributed by atoms with Gasteiger partial charge in [-0.2, -0.15) is 13.2 Å². The Hall–Kier alpha value is -0.640. The van der Waals surface area contributed by atoms with Crippen LogP contribution in [0.5, 0.6) is 0 Å². The molecular formula is C9H12F3NO3S2. The lowest BCUT2D eigenvalue weighted by Gasteiger charge is -2.24. The fourth-order valence-corrected chi connectivity index (χ4v) is 3.52. The monoisotopic (exact) mass is 303 g/mol. The molecule has 2 atom stereocenters. The largest absolute Gasteiger partial charge is 0.395 e. The van der Waals surface area contributed by atoms with Gasteiger partial charge in [-0.05, 0) is 11.4 Å². The first-order valence-corrected chi connectivity index (χ1v) is 7.28. The normalized spacial score (nSPS) is 16.5. The van der Waals surface area contributed by atoms with E-state index in [1.165, 1.54) is 17.5 Å². The number of thiophene rings is 1. The molecule has 0 bridgehead atoms. The third kappa shape index (κ3) is 3.67. The number of sulfonamides is 1. The van der Waals surface area contributed by atoms with Crippen LogP contribution in [0.1, 0.15) is 6.92 Å².